The fraction of sp³-hybridized carbons (Fsp3) is 0.176. The van der Waals surface area contributed by atoms with Crippen molar-refractivity contribution in [2.75, 3.05) is 16.0 Å². The number of fused-ring (bicyclic) bond motifs is 1. The maximum atomic E-state index is 12.6. The van der Waals surface area contributed by atoms with E-state index >= 15 is 0 Å². The van der Waals surface area contributed by atoms with Gasteiger partial charge in [-0.1, -0.05) is 23.7 Å². The number of rotatable bonds is 2. The average Bonchev–Trinajstić information content (AvgIpc) is 2.65. The Kier molecular flexibility index (Phi) is 4.06. The molecule has 1 heterocycles. The van der Waals surface area contributed by atoms with E-state index in [9.17, 15) is 9.59 Å². The first-order chi connectivity index (χ1) is 11.0. The summed E-state index contributed by atoms with van der Waals surface area (Å²) in [4.78, 5) is 24.4. The maximum absolute atomic E-state index is 12.6. The number of carbonyl (C=O) groups excluding carboxylic acids is 2. The predicted molar refractivity (Wildman–Crippen MR) is 92.6 cm³/mol. The SMILES string of the molecule is [B]c1ccc(NC(=O)c2cccc3c2N[C@H](C)CC(=O)N3)cc1. The molecule has 2 aromatic carbocycles. The van der Waals surface area contributed by atoms with Gasteiger partial charge >= 0.3 is 0 Å². The van der Waals surface area contributed by atoms with E-state index in [1.165, 1.54) is 0 Å². The van der Waals surface area contributed by atoms with E-state index in [0.717, 1.165) is 0 Å². The summed E-state index contributed by atoms with van der Waals surface area (Å²) in [5.41, 5.74) is 3.03. The zero-order chi connectivity index (χ0) is 16.4. The standard InChI is InChI=1S/C17H16BN3O2/c1-10-9-15(22)21-14-4-2-3-13(16(14)19-10)17(23)20-12-7-5-11(18)6-8-12/h2-8,10,19H,9H2,1H3,(H,20,23)(H,21,22)/t10-/m1/s1. The first-order valence-electron chi connectivity index (χ1n) is 7.39. The molecule has 114 valence electrons. The zero-order valence-corrected chi connectivity index (χ0v) is 12.7. The van der Waals surface area contributed by atoms with E-state index in [4.69, 9.17) is 7.85 Å². The molecule has 2 amide bonds. The molecule has 0 aliphatic carbocycles. The van der Waals surface area contributed by atoms with Crippen molar-refractivity contribution in [3.05, 3.63) is 48.0 Å². The fourth-order valence-electron chi connectivity index (χ4n) is 2.54. The highest BCUT2D eigenvalue weighted by Gasteiger charge is 2.22. The lowest BCUT2D eigenvalue weighted by atomic mass is 9.96. The Bertz CT molecular complexity index is 759. The van der Waals surface area contributed by atoms with Gasteiger partial charge in [-0.15, -0.1) is 0 Å². The molecule has 3 N–H and O–H groups in total. The lowest BCUT2D eigenvalue weighted by Crippen LogP contribution is -2.20. The van der Waals surface area contributed by atoms with Crippen LogP contribution >= 0.6 is 0 Å². The molecular formula is C17H16BN3O2. The van der Waals surface area contributed by atoms with Crippen LogP contribution in [0.25, 0.3) is 0 Å². The lowest BCUT2D eigenvalue weighted by Gasteiger charge is -2.16. The monoisotopic (exact) mass is 305 g/mol. The van der Waals surface area contributed by atoms with Gasteiger partial charge in [-0.2, -0.15) is 0 Å². The molecule has 1 aliphatic rings. The Morgan fingerprint density at radius 3 is 2.70 bits per heavy atom. The van der Waals surface area contributed by atoms with E-state index < -0.39 is 0 Å². The molecule has 2 radical (unpaired) electrons. The third kappa shape index (κ3) is 3.36. The number of para-hydroxylation sites is 1. The molecular weight excluding hydrogens is 289 g/mol. The summed E-state index contributed by atoms with van der Waals surface area (Å²) in [7, 11) is 5.64. The van der Waals surface area contributed by atoms with Crippen molar-refractivity contribution in [1.82, 2.24) is 0 Å². The predicted octanol–water partition coefficient (Wildman–Crippen LogP) is 1.88. The lowest BCUT2D eigenvalue weighted by molar-refractivity contribution is -0.116. The molecule has 2 aromatic rings. The van der Waals surface area contributed by atoms with Gasteiger partial charge in [0.2, 0.25) is 5.91 Å². The highest BCUT2D eigenvalue weighted by Crippen LogP contribution is 2.30. The van der Waals surface area contributed by atoms with Crippen molar-refractivity contribution in [3.63, 3.8) is 0 Å². The van der Waals surface area contributed by atoms with E-state index in [-0.39, 0.29) is 17.9 Å². The zero-order valence-electron chi connectivity index (χ0n) is 12.7. The molecule has 0 saturated carbocycles. The van der Waals surface area contributed by atoms with E-state index in [1.807, 2.05) is 6.92 Å². The van der Waals surface area contributed by atoms with Crippen LogP contribution in [0.5, 0.6) is 0 Å². The second kappa shape index (κ2) is 6.16. The van der Waals surface area contributed by atoms with Gasteiger partial charge in [0.05, 0.1) is 16.9 Å². The van der Waals surface area contributed by atoms with Gasteiger partial charge < -0.3 is 16.0 Å². The van der Waals surface area contributed by atoms with Crippen LogP contribution in [-0.4, -0.2) is 25.7 Å². The van der Waals surface area contributed by atoms with Crippen LogP contribution in [0.15, 0.2) is 42.5 Å². The van der Waals surface area contributed by atoms with Gasteiger partial charge in [0.25, 0.3) is 5.91 Å². The molecule has 23 heavy (non-hydrogen) atoms. The molecule has 0 saturated heterocycles. The molecule has 5 nitrogen and oxygen atoms in total. The average molecular weight is 305 g/mol. The molecule has 3 rings (SSSR count). The van der Waals surface area contributed by atoms with Crippen molar-refractivity contribution in [2.24, 2.45) is 0 Å². The Morgan fingerprint density at radius 2 is 1.96 bits per heavy atom. The molecule has 1 aliphatic heterocycles. The Balaban J connectivity index is 1.91. The van der Waals surface area contributed by atoms with Gasteiger partial charge in [-0.3, -0.25) is 9.59 Å². The van der Waals surface area contributed by atoms with Gasteiger partial charge in [-0.05, 0) is 31.2 Å². The number of hydrogen-bond donors (Lipinski definition) is 3. The number of anilines is 3. The van der Waals surface area contributed by atoms with Crippen LogP contribution in [0.4, 0.5) is 17.1 Å². The Hall–Kier alpha value is -2.76. The first-order valence-corrected chi connectivity index (χ1v) is 7.39. The summed E-state index contributed by atoms with van der Waals surface area (Å²) in [5.74, 6) is -0.317. The number of benzene rings is 2. The Labute approximate surface area is 135 Å². The van der Waals surface area contributed by atoms with Gasteiger partial charge in [0.15, 0.2) is 0 Å². The number of amides is 2. The minimum Gasteiger partial charge on any atom is -0.380 e. The molecule has 1 atom stereocenters. The topological polar surface area (TPSA) is 70.2 Å². The molecule has 0 spiro atoms. The number of nitrogens with one attached hydrogen (secondary N) is 3. The van der Waals surface area contributed by atoms with Gasteiger partial charge in [0.1, 0.15) is 7.85 Å². The summed E-state index contributed by atoms with van der Waals surface area (Å²) in [5, 5.41) is 8.89. The third-order valence-corrected chi connectivity index (χ3v) is 3.63. The maximum Gasteiger partial charge on any atom is 0.257 e. The second-order valence-electron chi connectivity index (χ2n) is 5.60. The van der Waals surface area contributed by atoms with Crippen LogP contribution in [0, 0.1) is 0 Å². The van der Waals surface area contributed by atoms with Crippen molar-refractivity contribution >= 4 is 42.2 Å². The molecule has 0 aromatic heterocycles. The summed E-state index contributed by atoms with van der Waals surface area (Å²) in [6.07, 6.45) is 0.355. The van der Waals surface area contributed by atoms with Crippen molar-refractivity contribution < 1.29 is 9.59 Å². The first kappa shape index (κ1) is 15.2. The van der Waals surface area contributed by atoms with Gasteiger partial charge in [0, 0.05) is 18.2 Å². The summed E-state index contributed by atoms with van der Waals surface area (Å²) in [6, 6.07) is 12.1. The van der Waals surface area contributed by atoms with Crippen molar-refractivity contribution in [2.45, 2.75) is 19.4 Å². The summed E-state index contributed by atoms with van der Waals surface area (Å²) < 4.78 is 0. The smallest absolute Gasteiger partial charge is 0.257 e. The van der Waals surface area contributed by atoms with Crippen LogP contribution in [0.1, 0.15) is 23.7 Å². The molecule has 0 unspecified atom stereocenters. The van der Waals surface area contributed by atoms with Crippen LogP contribution < -0.4 is 21.4 Å². The van der Waals surface area contributed by atoms with Crippen molar-refractivity contribution in [1.29, 1.82) is 0 Å². The highest BCUT2D eigenvalue weighted by atomic mass is 16.2. The van der Waals surface area contributed by atoms with E-state index in [2.05, 4.69) is 16.0 Å². The molecule has 0 bridgehead atoms. The number of carbonyl (C=O) groups is 2. The van der Waals surface area contributed by atoms with Crippen molar-refractivity contribution in [3.8, 4) is 0 Å². The summed E-state index contributed by atoms with van der Waals surface area (Å²) in [6.45, 7) is 1.91. The third-order valence-electron chi connectivity index (χ3n) is 3.63. The van der Waals surface area contributed by atoms with Crippen LogP contribution in [0.3, 0.4) is 0 Å². The van der Waals surface area contributed by atoms with Crippen LogP contribution in [-0.2, 0) is 4.79 Å². The largest absolute Gasteiger partial charge is 0.380 e. The molecule has 0 fully saturated rings. The fourth-order valence-corrected chi connectivity index (χ4v) is 2.54. The normalized spacial score (nSPS) is 16.6. The summed E-state index contributed by atoms with van der Waals surface area (Å²) >= 11 is 0. The second-order valence-corrected chi connectivity index (χ2v) is 5.60. The minimum atomic E-state index is -0.248. The number of hydrogen-bond acceptors (Lipinski definition) is 3. The van der Waals surface area contributed by atoms with Crippen LogP contribution in [0.2, 0.25) is 0 Å². The van der Waals surface area contributed by atoms with E-state index in [0.29, 0.717) is 34.5 Å². The Morgan fingerprint density at radius 1 is 1.22 bits per heavy atom. The minimum absolute atomic E-state index is 0.0540. The quantitative estimate of drug-likeness (QED) is 0.742. The highest BCUT2D eigenvalue weighted by molar-refractivity contribution is 6.32. The van der Waals surface area contributed by atoms with Gasteiger partial charge in [-0.25, -0.2) is 0 Å². The molecule has 6 heteroatoms. The van der Waals surface area contributed by atoms with E-state index in [1.54, 1.807) is 42.5 Å².